The normalized spacial score (nSPS) is 20.0. The van der Waals surface area contributed by atoms with E-state index in [9.17, 15) is 4.39 Å². The standard InChI is InChI=1S/C14H19BrFNO/c15-12-7-11(8-13(16)9-12)10-17-5-4-14-3-1-2-6-18-14/h7-9,14,17H,1-6,10H2. The minimum Gasteiger partial charge on any atom is -0.378 e. The van der Waals surface area contributed by atoms with Gasteiger partial charge >= 0.3 is 0 Å². The van der Waals surface area contributed by atoms with Crippen LogP contribution in [0.1, 0.15) is 31.2 Å². The summed E-state index contributed by atoms with van der Waals surface area (Å²) >= 11 is 3.30. The first kappa shape index (κ1) is 14.0. The van der Waals surface area contributed by atoms with Crippen molar-refractivity contribution < 1.29 is 9.13 Å². The Bertz CT molecular complexity index is 360. The monoisotopic (exact) mass is 315 g/mol. The fourth-order valence-electron chi connectivity index (χ4n) is 2.24. The first-order valence-corrected chi connectivity index (χ1v) is 7.30. The third kappa shape index (κ3) is 4.67. The van der Waals surface area contributed by atoms with Crippen LogP contribution in [0, 0.1) is 5.82 Å². The SMILES string of the molecule is Fc1cc(Br)cc(CNCCC2CCCCO2)c1. The van der Waals surface area contributed by atoms with Gasteiger partial charge in [0, 0.05) is 17.6 Å². The average Bonchev–Trinajstić information content (AvgIpc) is 2.35. The van der Waals surface area contributed by atoms with Crippen molar-refractivity contribution in [3.05, 3.63) is 34.1 Å². The summed E-state index contributed by atoms with van der Waals surface area (Å²) in [4.78, 5) is 0. The third-order valence-corrected chi connectivity index (χ3v) is 3.63. The molecule has 1 heterocycles. The molecule has 0 bridgehead atoms. The highest BCUT2D eigenvalue weighted by molar-refractivity contribution is 9.10. The Morgan fingerprint density at radius 1 is 1.33 bits per heavy atom. The minimum atomic E-state index is -0.197. The van der Waals surface area contributed by atoms with Crippen LogP contribution in [0.2, 0.25) is 0 Å². The van der Waals surface area contributed by atoms with E-state index in [4.69, 9.17) is 4.74 Å². The van der Waals surface area contributed by atoms with E-state index in [1.54, 1.807) is 6.07 Å². The number of ether oxygens (including phenoxy) is 1. The Labute approximate surface area is 116 Å². The summed E-state index contributed by atoms with van der Waals surface area (Å²) in [6.45, 7) is 2.52. The maximum Gasteiger partial charge on any atom is 0.124 e. The molecule has 1 aromatic carbocycles. The maximum atomic E-state index is 13.2. The molecule has 100 valence electrons. The van der Waals surface area contributed by atoms with Crippen LogP contribution < -0.4 is 5.32 Å². The summed E-state index contributed by atoms with van der Waals surface area (Å²) < 4.78 is 19.6. The second-order valence-corrected chi connectivity index (χ2v) is 5.65. The molecule has 1 fully saturated rings. The van der Waals surface area contributed by atoms with Gasteiger partial charge in [-0.15, -0.1) is 0 Å². The lowest BCUT2D eigenvalue weighted by Gasteiger charge is -2.22. The van der Waals surface area contributed by atoms with Gasteiger partial charge in [0.2, 0.25) is 0 Å². The lowest BCUT2D eigenvalue weighted by atomic mass is 10.1. The van der Waals surface area contributed by atoms with E-state index in [0.717, 1.165) is 29.6 Å². The second kappa shape index (κ2) is 7.22. The summed E-state index contributed by atoms with van der Waals surface area (Å²) in [5, 5.41) is 3.34. The molecule has 4 heteroatoms. The van der Waals surface area contributed by atoms with Gasteiger partial charge < -0.3 is 10.1 Å². The molecule has 2 nitrogen and oxygen atoms in total. The highest BCUT2D eigenvalue weighted by atomic mass is 79.9. The smallest absolute Gasteiger partial charge is 0.124 e. The molecule has 1 unspecified atom stereocenters. The first-order valence-electron chi connectivity index (χ1n) is 6.51. The molecular weight excluding hydrogens is 297 g/mol. The van der Waals surface area contributed by atoms with Crippen molar-refractivity contribution >= 4 is 15.9 Å². The zero-order valence-electron chi connectivity index (χ0n) is 10.4. The number of rotatable bonds is 5. The van der Waals surface area contributed by atoms with Gasteiger partial charge in [0.15, 0.2) is 0 Å². The summed E-state index contributed by atoms with van der Waals surface area (Å²) in [5.74, 6) is -0.197. The molecule has 0 radical (unpaired) electrons. The van der Waals surface area contributed by atoms with E-state index < -0.39 is 0 Å². The predicted molar refractivity (Wildman–Crippen MR) is 74.0 cm³/mol. The van der Waals surface area contributed by atoms with Crippen LogP contribution in [0.15, 0.2) is 22.7 Å². The molecule has 1 aromatic rings. The fourth-order valence-corrected chi connectivity index (χ4v) is 2.76. The summed E-state index contributed by atoms with van der Waals surface area (Å²) in [6, 6.07) is 4.97. The number of hydrogen-bond donors (Lipinski definition) is 1. The van der Waals surface area contributed by atoms with Crippen molar-refractivity contribution in [1.29, 1.82) is 0 Å². The van der Waals surface area contributed by atoms with E-state index >= 15 is 0 Å². The highest BCUT2D eigenvalue weighted by Crippen LogP contribution is 2.16. The fraction of sp³-hybridized carbons (Fsp3) is 0.571. The van der Waals surface area contributed by atoms with Gasteiger partial charge in [-0.3, -0.25) is 0 Å². The van der Waals surface area contributed by atoms with Gasteiger partial charge in [-0.1, -0.05) is 15.9 Å². The molecule has 0 amide bonds. The van der Waals surface area contributed by atoms with Crippen LogP contribution in [0.25, 0.3) is 0 Å². The van der Waals surface area contributed by atoms with Gasteiger partial charge in [-0.2, -0.15) is 0 Å². The number of nitrogens with one attached hydrogen (secondary N) is 1. The summed E-state index contributed by atoms with van der Waals surface area (Å²) in [5.41, 5.74) is 0.964. The van der Waals surface area contributed by atoms with Crippen LogP contribution in [0.5, 0.6) is 0 Å². The Morgan fingerprint density at radius 3 is 2.94 bits per heavy atom. The lowest BCUT2D eigenvalue weighted by Crippen LogP contribution is -2.25. The van der Waals surface area contributed by atoms with E-state index in [1.807, 2.05) is 6.07 Å². The molecule has 1 N–H and O–H groups in total. The topological polar surface area (TPSA) is 21.3 Å². The van der Waals surface area contributed by atoms with Gasteiger partial charge in [-0.05, 0) is 56.0 Å². The summed E-state index contributed by atoms with van der Waals surface area (Å²) in [7, 11) is 0. The molecule has 0 spiro atoms. The van der Waals surface area contributed by atoms with Gasteiger partial charge in [0.1, 0.15) is 5.82 Å². The van der Waals surface area contributed by atoms with Crippen molar-refractivity contribution in [3.8, 4) is 0 Å². The Kier molecular flexibility index (Phi) is 5.60. The average molecular weight is 316 g/mol. The van der Waals surface area contributed by atoms with Crippen molar-refractivity contribution in [2.24, 2.45) is 0 Å². The van der Waals surface area contributed by atoms with Crippen LogP contribution in [0.3, 0.4) is 0 Å². The van der Waals surface area contributed by atoms with E-state index in [1.165, 1.54) is 25.3 Å². The van der Waals surface area contributed by atoms with Gasteiger partial charge in [0.25, 0.3) is 0 Å². The summed E-state index contributed by atoms with van der Waals surface area (Å²) in [6.07, 6.45) is 5.09. The molecule has 18 heavy (non-hydrogen) atoms. The van der Waals surface area contributed by atoms with Crippen molar-refractivity contribution in [3.63, 3.8) is 0 Å². The van der Waals surface area contributed by atoms with E-state index in [-0.39, 0.29) is 5.82 Å². The number of halogens is 2. The second-order valence-electron chi connectivity index (χ2n) is 4.73. The van der Waals surface area contributed by atoms with E-state index in [2.05, 4.69) is 21.2 Å². The van der Waals surface area contributed by atoms with Gasteiger partial charge in [0.05, 0.1) is 6.10 Å². The third-order valence-electron chi connectivity index (χ3n) is 3.17. The molecule has 2 rings (SSSR count). The lowest BCUT2D eigenvalue weighted by molar-refractivity contribution is 0.0115. The number of benzene rings is 1. The maximum absolute atomic E-state index is 13.2. The molecule has 1 aliphatic heterocycles. The van der Waals surface area contributed by atoms with Crippen molar-refractivity contribution in [2.45, 2.75) is 38.3 Å². The molecule has 1 aliphatic rings. The zero-order valence-corrected chi connectivity index (χ0v) is 12.0. The Morgan fingerprint density at radius 2 is 2.22 bits per heavy atom. The van der Waals surface area contributed by atoms with Crippen molar-refractivity contribution in [1.82, 2.24) is 5.32 Å². The molecule has 0 saturated carbocycles. The Hall–Kier alpha value is -0.450. The van der Waals surface area contributed by atoms with Crippen LogP contribution >= 0.6 is 15.9 Å². The molecule has 0 aromatic heterocycles. The van der Waals surface area contributed by atoms with Crippen LogP contribution in [-0.2, 0) is 11.3 Å². The van der Waals surface area contributed by atoms with Crippen LogP contribution in [-0.4, -0.2) is 19.3 Å². The predicted octanol–water partition coefficient (Wildman–Crippen LogP) is 3.64. The van der Waals surface area contributed by atoms with E-state index in [0.29, 0.717) is 12.6 Å². The minimum absolute atomic E-state index is 0.197. The molecular formula is C14H19BrFNO. The van der Waals surface area contributed by atoms with Gasteiger partial charge in [-0.25, -0.2) is 4.39 Å². The Balaban J connectivity index is 1.68. The largest absolute Gasteiger partial charge is 0.378 e. The van der Waals surface area contributed by atoms with Crippen molar-refractivity contribution in [2.75, 3.05) is 13.2 Å². The quantitative estimate of drug-likeness (QED) is 0.838. The zero-order chi connectivity index (χ0) is 12.8. The molecule has 1 saturated heterocycles. The first-order chi connectivity index (χ1) is 8.74. The molecule has 1 atom stereocenters. The van der Waals surface area contributed by atoms with Crippen LogP contribution in [0.4, 0.5) is 4.39 Å². The number of hydrogen-bond acceptors (Lipinski definition) is 2. The highest BCUT2D eigenvalue weighted by Gasteiger charge is 2.12. The molecule has 0 aliphatic carbocycles.